The average Bonchev–Trinajstić information content (AvgIpc) is 1.81. The smallest absolute Gasteiger partial charge is 0.245 e. The van der Waals surface area contributed by atoms with Crippen molar-refractivity contribution in [3.63, 3.8) is 0 Å². The summed E-state index contributed by atoms with van der Waals surface area (Å²) >= 11 is 0. The standard InChI is InChI=1S/C6H11F2NO/c1-6(7,8)4-3-5(10)9-2/h3-4H2,1-2H3,(H,9,10). The van der Waals surface area contributed by atoms with Crippen molar-refractivity contribution in [2.45, 2.75) is 25.7 Å². The monoisotopic (exact) mass is 151 g/mol. The lowest BCUT2D eigenvalue weighted by Crippen LogP contribution is -2.21. The molecule has 0 rings (SSSR count). The fraction of sp³-hybridized carbons (Fsp3) is 0.833. The zero-order valence-corrected chi connectivity index (χ0v) is 6.08. The molecule has 0 aliphatic heterocycles. The fourth-order valence-electron chi connectivity index (χ4n) is 0.458. The van der Waals surface area contributed by atoms with E-state index in [9.17, 15) is 13.6 Å². The summed E-state index contributed by atoms with van der Waals surface area (Å²) < 4.78 is 24.1. The summed E-state index contributed by atoms with van der Waals surface area (Å²) in [6.07, 6.45) is -0.493. The van der Waals surface area contributed by atoms with Crippen molar-refractivity contribution in [1.82, 2.24) is 5.32 Å². The summed E-state index contributed by atoms with van der Waals surface area (Å²) in [5, 5.41) is 2.27. The minimum atomic E-state index is -2.73. The fourth-order valence-corrected chi connectivity index (χ4v) is 0.458. The average molecular weight is 151 g/mol. The van der Waals surface area contributed by atoms with Crippen molar-refractivity contribution in [2.75, 3.05) is 7.05 Å². The molecule has 0 aromatic heterocycles. The van der Waals surface area contributed by atoms with E-state index in [2.05, 4.69) is 5.32 Å². The molecule has 0 aromatic carbocycles. The number of halogens is 2. The molecule has 60 valence electrons. The van der Waals surface area contributed by atoms with E-state index in [4.69, 9.17) is 0 Å². The Kier molecular flexibility index (Phi) is 3.25. The van der Waals surface area contributed by atoms with Crippen LogP contribution in [0.25, 0.3) is 0 Å². The number of hydrogen-bond acceptors (Lipinski definition) is 1. The Bertz CT molecular complexity index is 119. The van der Waals surface area contributed by atoms with Gasteiger partial charge in [-0.15, -0.1) is 0 Å². The molecule has 1 amide bonds. The van der Waals surface area contributed by atoms with Gasteiger partial charge in [-0.1, -0.05) is 0 Å². The van der Waals surface area contributed by atoms with E-state index in [1.807, 2.05) is 0 Å². The predicted octanol–water partition coefficient (Wildman–Crippen LogP) is 1.17. The molecule has 0 unspecified atom stereocenters. The topological polar surface area (TPSA) is 29.1 Å². The SMILES string of the molecule is CNC(=O)CCC(C)(F)F. The maximum absolute atomic E-state index is 12.0. The van der Waals surface area contributed by atoms with Gasteiger partial charge in [-0.2, -0.15) is 0 Å². The van der Waals surface area contributed by atoms with Crippen LogP contribution in [-0.4, -0.2) is 18.9 Å². The second-order valence-electron chi connectivity index (χ2n) is 2.24. The molecule has 0 fully saturated rings. The van der Waals surface area contributed by atoms with Gasteiger partial charge in [0.25, 0.3) is 0 Å². The molecule has 0 aromatic rings. The highest BCUT2D eigenvalue weighted by Crippen LogP contribution is 2.17. The van der Waals surface area contributed by atoms with Crippen LogP contribution in [0.15, 0.2) is 0 Å². The molecule has 1 N–H and O–H groups in total. The molecule has 0 saturated carbocycles. The van der Waals surface area contributed by atoms with Crippen LogP contribution in [0.1, 0.15) is 19.8 Å². The molecule has 0 spiro atoms. The quantitative estimate of drug-likeness (QED) is 0.644. The third-order valence-electron chi connectivity index (χ3n) is 1.07. The Morgan fingerprint density at radius 3 is 2.40 bits per heavy atom. The van der Waals surface area contributed by atoms with Gasteiger partial charge in [0.2, 0.25) is 11.8 Å². The molecule has 0 saturated heterocycles. The molecule has 0 aliphatic rings. The van der Waals surface area contributed by atoms with Crippen LogP contribution >= 0.6 is 0 Å². The Labute approximate surface area is 58.6 Å². The van der Waals surface area contributed by atoms with Gasteiger partial charge in [-0.25, -0.2) is 8.78 Å². The maximum Gasteiger partial charge on any atom is 0.245 e. The minimum Gasteiger partial charge on any atom is -0.359 e. The van der Waals surface area contributed by atoms with Crippen LogP contribution in [0.2, 0.25) is 0 Å². The number of carbonyl (C=O) groups is 1. The first-order valence-electron chi connectivity index (χ1n) is 3.04. The van der Waals surface area contributed by atoms with Crippen molar-refractivity contribution >= 4 is 5.91 Å². The van der Waals surface area contributed by atoms with E-state index in [-0.39, 0.29) is 18.7 Å². The first kappa shape index (κ1) is 9.33. The van der Waals surface area contributed by atoms with Gasteiger partial charge in [-0.3, -0.25) is 4.79 Å². The second kappa shape index (κ2) is 3.49. The Morgan fingerprint density at radius 1 is 1.60 bits per heavy atom. The highest BCUT2D eigenvalue weighted by Gasteiger charge is 2.21. The molecule has 0 aliphatic carbocycles. The third-order valence-corrected chi connectivity index (χ3v) is 1.07. The van der Waals surface area contributed by atoms with Crippen LogP contribution < -0.4 is 5.32 Å². The van der Waals surface area contributed by atoms with E-state index in [0.717, 1.165) is 6.92 Å². The van der Waals surface area contributed by atoms with E-state index in [0.29, 0.717) is 0 Å². The van der Waals surface area contributed by atoms with E-state index >= 15 is 0 Å². The normalized spacial score (nSPS) is 11.2. The largest absolute Gasteiger partial charge is 0.359 e. The lowest BCUT2D eigenvalue weighted by molar-refractivity contribution is -0.122. The third kappa shape index (κ3) is 5.47. The van der Waals surface area contributed by atoms with Gasteiger partial charge in [0, 0.05) is 19.9 Å². The molecule has 0 atom stereocenters. The number of alkyl halides is 2. The van der Waals surface area contributed by atoms with Crippen molar-refractivity contribution in [1.29, 1.82) is 0 Å². The van der Waals surface area contributed by atoms with Gasteiger partial charge in [0.1, 0.15) is 0 Å². The molecular formula is C6H11F2NO. The summed E-state index contributed by atoms with van der Waals surface area (Å²) in [5.74, 6) is -3.08. The van der Waals surface area contributed by atoms with Crippen LogP contribution in [0.4, 0.5) is 8.78 Å². The number of hydrogen-bond donors (Lipinski definition) is 1. The molecule has 10 heavy (non-hydrogen) atoms. The van der Waals surface area contributed by atoms with Gasteiger partial charge >= 0.3 is 0 Å². The summed E-state index contributed by atoms with van der Waals surface area (Å²) in [6.45, 7) is 0.802. The van der Waals surface area contributed by atoms with Crippen molar-refractivity contribution in [3.05, 3.63) is 0 Å². The second-order valence-corrected chi connectivity index (χ2v) is 2.24. The Balaban J connectivity index is 3.46. The zero-order valence-electron chi connectivity index (χ0n) is 6.08. The molecule has 0 bridgehead atoms. The lowest BCUT2D eigenvalue weighted by atomic mass is 10.2. The van der Waals surface area contributed by atoms with Crippen LogP contribution in [0.3, 0.4) is 0 Å². The van der Waals surface area contributed by atoms with E-state index in [1.165, 1.54) is 7.05 Å². The lowest BCUT2D eigenvalue weighted by Gasteiger charge is -2.07. The van der Waals surface area contributed by atoms with Gasteiger partial charge in [0.05, 0.1) is 0 Å². The molecule has 4 heteroatoms. The maximum atomic E-state index is 12.0. The number of amides is 1. The highest BCUT2D eigenvalue weighted by atomic mass is 19.3. The van der Waals surface area contributed by atoms with E-state index < -0.39 is 5.92 Å². The molecule has 0 radical (unpaired) electrons. The summed E-state index contributed by atoms with van der Waals surface area (Å²) in [4.78, 5) is 10.4. The van der Waals surface area contributed by atoms with E-state index in [1.54, 1.807) is 0 Å². The molecular weight excluding hydrogens is 140 g/mol. The molecule has 2 nitrogen and oxygen atoms in total. The predicted molar refractivity (Wildman–Crippen MR) is 33.9 cm³/mol. The number of rotatable bonds is 3. The number of nitrogens with one attached hydrogen (secondary N) is 1. The van der Waals surface area contributed by atoms with Crippen molar-refractivity contribution < 1.29 is 13.6 Å². The van der Waals surface area contributed by atoms with Crippen molar-refractivity contribution in [2.24, 2.45) is 0 Å². The van der Waals surface area contributed by atoms with Crippen LogP contribution in [0, 0.1) is 0 Å². The highest BCUT2D eigenvalue weighted by molar-refractivity contribution is 5.75. The zero-order chi connectivity index (χ0) is 8.20. The van der Waals surface area contributed by atoms with Crippen molar-refractivity contribution in [3.8, 4) is 0 Å². The van der Waals surface area contributed by atoms with Gasteiger partial charge in [0.15, 0.2) is 0 Å². The minimum absolute atomic E-state index is 0.111. The Hall–Kier alpha value is -0.670. The number of carbonyl (C=O) groups excluding carboxylic acids is 1. The first-order valence-corrected chi connectivity index (χ1v) is 3.04. The summed E-state index contributed by atoms with van der Waals surface area (Å²) in [5.41, 5.74) is 0. The first-order chi connectivity index (χ1) is 4.45. The summed E-state index contributed by atoms with van der Waals surface area (Å²) in [6, 6.07) is 0. The van der Waals surface area contributed by atoms with Crippen LogP contribution in [-0.2, 0) is 4.79 Å². The van der Waals surface area contributed by atoms with Crippen LogP contribution in [0.5, 0.6) is 0 Å². The van der Waals surface area contributed by atoms with Gasteiger partial charge in [-0.05, 0) is 6.92 Å². The Morgan fingerprint density at radius 2 is 2.10 bits per heavy atom. The molecule has 0 heterocycles. The van der Waals surface area contributed by atoms with Gasteiger partial charge < -0.3 is 5.32 Å². The summed E-state index contributed by atoms with van der Waals surface area (Å²) in [7, 11) is 1.43.